The Hall–Kier alpha value is -1.80. The predicted molar refractivity (Wildman–Crippen MR) is 110 cm³/mol. The van der Waals surface area contributed by atoms with E-state index < -0.39 is 15.9 Å². The molecular weight excluding hydrogens is 423 g/mol. The summed E-state index contributed by atoms with van der Waals surface area (Å²) in [6.45, 7) is 0.639. The van der Waals surface area contributed by atoms with Crippen LogP contribution in [0.3, 0.4) is 0 Å². The van der Waals surface area contributed by atoms with E-state index in [-0.39, 0.29) is 22.9 Å². The van der Waals surface area contributed by atoms with Crippen LogP contribution in [-0.4, -0.2) is 38.3 Å². The lowest BCUT2D eigenvalue weighted by Gasteiger charge is -2.26. The van der Waals surface area contributed by atoms with Gasteiger partial charge in [-0.25, -0.2) is 8.42 Å². The van der Waals surface area contributed by atoms with Crippen molar-refractivity contribution in [3.63, 3.8) is 0 Å². The van der Waals surface area contributed by atoms with Crippen LogP contribution in [0.15, 0.2) is 47.4 Å². The lowest BCUT2D eigenvalue weighted by molar-refractivity contribution is -0.118. The second-order valence-corrected chi connectivity index (χ2v) is 9.12. The van der Waals surface area contributed by atoms with Gasteiger partial charge in [0.15, 0.2) is 6.61 Å². The van der Waals surface area contributed by atoms with Crippen LogP contribution in [0.25, 0.3) is 0 Å². The largest absolute Gasteiger partial charge is 0.482 e. The van der Waals surface area contributed by atoms with Crippen LogP contribution in [0.2, 0.25) is 10.0 Å². The average Bonchev–Trinajstić information content (AvgIpc) is 2.69. The van der Waals surface area contributed by atoms with Gasteiger partial charge in [0.1, 0.15) is 10.6 Å². The van der Waals surface area contributed by atoms with E-state index in [1.165, 1.54) is 16.4 Å². The van der Waals surface area contributed by atoms with Crippen LogP contribution in [-0.2, 0) is 14.8 Å². The van der Waals surface area contributed by atoms with Crippen molar-refractivity contribution in [3.8, 4) is 5.75 Å². The second kappa shape index (κ2) is 9.13. The van der Waals surface area contributed by atoms with E-state index in [0.29, 0.717) is 23.1 Å². The number of halogens is 2. The summed E-state index contributed by atoms with van der Waals surface area (Å²) in [5.41, 5.74) is 0.221. The molecule has 1 aliphatic heterocycles. The highest BCUT2D eigenvalue weighted by molar-refractivity contribution is 7.89. The highest BCUT2D eigenvalue weighted by atomic mass is 35.5. The van der Waals surface area contributed by atoms with E-state index in [2.05, 4.69) is 5.32 Å². The van der Waals surface area contributed by atoms with E-state index in [1.807, 2.05) is 0 Å². The molecule has 1 fully saturated rings. The Morgan fingerprint density at radius 3 is 2.54 bits per heavy atom. The van der Waals surface area contributed by atoms with E-state index in [4.69, 9.17) is 27.9 Å². The molecule has 0 unspecified atom stereocenters. The third-order valence-corrected chi connectivity index (χ3v) is 6.85. The molecule has 6 nitrogen and oxygen atoms in total. The van der Waals surface area contributed by atoms with Gasteiger partial charge in [-0.15, -0.1) is 0 Å². The molecule has 9 heteroatoms. The van der Waals surface area contributed by atoms with Crippen molar-refractivity contribution in [1.82, 2.24) is 4.31 Å². The summed E-state index contributed by atoms with van der Waals surface area (Å²) in [7, 11) is -3.68. The first-order valence-electron chi connectivity index (χ1n) is 8.85. The molecule has 2 aromatic carbocycles. The molecule has 0 radical (unpaired) electrons. The number of benzene rings is 2. The molecular formula is C19H20Cl2N2O4S. The zero-order valence-corrected chi connectivity index (χ0v) is 17.4. The van der Waals surface area contributed by atoms with Crippen LogP contribution < -0.4 is 10.1 Å². The molecule has 0 bridgehead atoms. The predicted octanol–water partition coefficient (Wildman–Crippen LogP) is 4.19. The third-order valence-electron chi connectivity index (χ3n) is 4.35. The first-order valence-corrected chi connectivity index (χ1v) is 11.0. The first-order chi connectivity index (χ1) is 13.4. The molecule has 0 saturated carbocycles. The van der Waals surface area contributed by atoms with Gasteiger partial charge >= 0.3 is 0 Å². The molecule has 1 saturated heterocycles. The Morgan fingerprint density at radius 2 is 1.79 bits per heavy atom. The molecule has 1 aliphatic rings. The summed E-state index contributed by atoms with van der Waals surface area (Å²) in [5, 5.41) is 3.37. The normalized spacial score (nSPS) is 15.2. The monoisotopic (exact) mass is 442 g/mol. The molecule has 150 valence electrons. The zero-order valence-electron chi connectivity index (χ0n) is 15.0. The number of piperidine rings is 1. The van der Waals surface area contributed by atoms with Gasteiger partial charge in [-0.3, -0.25) is 4.79 Å². The summed E-state index contributed by atoms with van der Waals surface area (Å²) >= 11 is 11.9. The molecule has 1 N–H and O–H groups in total. The number of anilines is 1. The highest BCUT2D eigenvalue weighted by Gasteiger charge is 2.28. The molecule has 2 aromatic rings. The Labute approximate surface area is 174 Å². The molecule has 1 heterocycles. The van der Waals surface area contributed by atoms with E-state index >= 15 is 0 Å². The molecule has 3 rings (SSSR count). The Bertz CT molecular complexity index is 960. The molecule has 28 heavy (non-hydrogen) atoms. The van der Waals surface area contributed by atoms with Crippen LogP contribution >= 0.6 is 23.2 Å². The van der Waals surface area contributed by atoms with Crippen LogP contribution in [0.5, 0.6) is 5.75 Å². The number of nitrogens with one attached hydrogen (secondary N) is 1. The number of para-hydroxylation sites is 1. The number of sulfonamides is 1. The summed E-state index contributed by atoms with van der Waals surface area (Å²) in [6, 6.07) is 11.0. The maximum atomic E-state index is 13.0. The number of ether oxygens (including phenoxy) is 1. The topological polar surface area (TPSA) is 75.7 Å². The van der Waals surface area contributed by atoms with Crippen molar-refractivity contribution in [2.45, 2.75) is 24.2 Å². The summed E-state index contributed by atoms with van der Waals surface area (Å²) in [5.74, 6) is -0.226. The van der Waals surface area contributed by atoms with Crippen LogP contribution in [0.1, 0.15) is 19.3 Å². The van der Waals surface area contributed by atoms with Gasteiger partial charge in [-0.2, -0.15) is 4.31 Å². The average molecular weight is 443 g/mol. The highest BCUT2D eigenvalue weighted by Crippen LogP contribution is 2.29. The fourth-order valence-corrected chi connectivity index (χ4v) is 4.96. The number of carbonyl (C=O) groups excluding carboxylic acids is 1. The Kier molecular flexibility index (Phi) is 6.82. The van der Waals surface area contributed by atoms with Gasteiger partial charge < -0.3 is 10.1 Å². The number of nitrogens with zero attached hydrogens (tertiary/aromatic N) is 1. The molecule has 0 spiro atoms. The van der Waals surface area contributed by atoms with Crippen LogP contribution in [0.4, 0.5) is 5.69 Å². The van der Waals surface area contributed by atoms with E-state index in [9.17, 15) is 13.2 Å². The quantitative estimate of drug-likeness (QED) is 0.727. The minimum Gasteiger partial charge on any atom is -0.482 e. The lowest BCUT2D eigenvalue weighted by Crippen LogP contribution is -2.36. The maximum absolute atomic E-state index is 13.0. The SMILES string of the molecule is O=C(COc1cc(Cl)ccc1Cl)Nc1ccccc1S(=O)(=O)N1CCCCC1. The first kappa shape index (κ1) is 20.9. The number of carbonyl (C=O) groups is 1. The zero-order chi connectivity index (χ0) is 20.1. The van der Waals surface area contributed by atoms with Crippen molar-refractivity contribution in [2.24, 2.45) is 0 Å². The minimum absolute atomic E-state index is 0.0750. The van der Waals surface area contributed by atoms with Crippen molar-refractivity contribution in [3.05, 3.63) is 52.5 Å². The number of amides is 1. The molecule has 0 atom stereocenters. The van der Waals surface area contributed by atoms with Crippen molar-refractivity contribution in [1.29, 1.82) is 0 Å². The number of hydrogen-bond acceptors (Lipinski definition) is 4. The lowest BCUT2D eigenvalue weighted by atomic mass is 10.2. The molecule has 0 aromatic heterocycles. The van der Waals surface area contributed by atoms with Gasteiger partial charge in [0.05, 0.1) is 10.7 Å². The number of hydrogen-bond donors (Lipinski definition) is 1. The third kappa shape index (κ3) is 4.97. The van der Waals surface area contributed by atoms with Gasteiger partial charge in [0, 0.05) is 24.2 Å². The van der Waals surface area contributed by atoms with Crippen molar-refractivity contribution < 1.29 is 17.9 Å². The van der Waals surface area contributed by atoms with Crippen molar-refractivity contribution >= 4 is 44.8 Å². The minimum atomic E-state index is -3.68. The summed E-state index contributed by atoms with van der Waals surface area (Å²) < 4.78 is 32.8. The van der Waals surface area contributed by atoms with Gasteiger partial charge in [-0.05, 0) is 37.1 Å². The van der Waals surface area contributed by atoms with E-state index in [0.717, 1.165) is 19.3 Å². The van der Waals surface area contributed by atoms with E-state index in [1.54, 1.807) is 30.3 Å². The fraction of sp³-hybridized carbons (Fsp3) is 0.316. The Balaban J connectivity index is 1.72. The molecule has 1 amide bonds. The maximum Gasteiger partial charge on any atom is 0.262 e. The van der Waals surface area contributed by atoms with Gasteiger partial charge in [0.2, 0.25) is 10.0 Å². The van der Waals surface area contributed by atoms with Gasteiger partial charge in [-0.1, -0.05) is 41.8 Å². The fourth-order valence-electron chi connectivity index (χ4n) is 2.96. The smallest absolute Gasteiger partial charge is 0.262 e. The second-order valence-electron chi connectivity index (χ2n) is 6.37. The standard InChI is InChI=1S/C19H20Cl2N2O4S/c20-14-8-9-15(21)17(12-14)27-13-19(24)22-16-6-2-3-7-18(16)28(25,26)23-10-4-1-5-11-23/h2-3,6-9,12H,1,4-5,10-11,13H2,(H,22,24). The summed E-state index contributed by atoms with van der Waals surface area (Å²) in [6.07, 6.45) is 2.69. The van der Waals surface area contributed by atoms with Gasteiger partial charge in [0.25, 0.3) is 5.91 Å². The van der Waals surface area contributed by atoms with Crippen molar-refractivity contribution in [2.75, 3.05) is 25.0 Å². The Morgan fingerprint density at radius 1 is 1.07 bits per heavy atom. The van der Waals surface area contributed by atoms with Crippen LogP contribution in [0, 0.1) is 0 Å². The number of rotatable bonds is 6. The molecule has 0 aliphatic carbocycles. The summed E-state index contributed by atoms with van der Waals surface area (Å²) in [4.78, 5) is 12.4.